The number of hydrogen-bond acceptors (Lipinski definition) is 5. The monoisotopic (exact) mass is 462 g/mol. The number of ether oxygens (including phenoxy) is 1. The molecular formula is C21H20Cl2N4O2S. The molecule has 1 N–H and O–H groups in total. The third-order valence-corrected chi connectivity index (χ3v) is 5.49. The summed E-state index contributed by atoms with van der Waals surface area (Å²) in [5, 5.41) is 12.8. The van der Waals surface area contributed by atoms with E-state index < -0.39 is 0 Å². The van der Waals surface area contributed by atoms with Gasteiger partial charge in [-0.25, -0.2) is 0 Å². The lowest BCUT2D eigenvalue weighted by molar-refractivity contribution is -0.113. The lowest BCUT2D eigenvalue weighted by atomic mass is 10.2. The Morgan fingerprint density at radius 2 is 2.10 bits per heavy atom. The van der Waals surface area contributed by atoms with Gasteiger partial charge in [-0.3, -0.25) is 9.36 Å². The van der Waals surface area contributed by atoms with E-state index >= 15 is 0 Å². The second-order valence-corrected chi connectivity index (χ2v) is 8.15. The number of carbonyl (C=O) groups is 1. The number of amides is 1. The van der Waals surface area contributed by atoms with Crippen molar-refractivity contribution in [2.75, 3.05) is 11.1 Å². The number of allylic oxidation sites excluding steroid dienone is 1. The minimum Gasteiger partial charge on any atom is -0.484 e. The molecule has 0 unspecified atom stereocenters. The van der Waals surface area contributed by atoms with Crippen molar-refractivity contribution in [3.8, 4) is 5.75 Å². The van der Waals surface area contributed by atoms with Gasteiger partial charge in [0.2, 0.25) is 5.91 Å². The first kappa shape index (κ1) is 22.2. The first-order chi connectivity index (χ1) is 14.5. The van der Waals surface area contributed by atoms with E-state index in [2.05, 4.69) is 22.1 Å². The van der Waals surface area contributed by atoms with Crippen LogP contribution in [0, 0.1) is 6.92 Å². The Bertz CT molecular complexity index is 1060. The van der Waals surface area contributed by atoms with Gasteiger partial charge in [-0.2, -0.15) is 0 Å². The summed E-state index contributed by atoms with van der Waals surface area (Å²) in [4.78, 5) is 12.3. The molecule has 0 aliphatic heterocycles. The van der Waals surface area contributed by atoms with E-state index in [0.717, 1.165) is 11.3 Å². The summed E-state index contributed by atoms with van der Waals surface area (Å²) in [6.07, 6.45) is 1.74. The van der Waals surface area contributed by atoms with E-state index in [1.165, 1.54) is 11.8 Å². The quantitative estimate of drug-likeness (QED) is 0.341. The first-order valence-corrected chi connectivity index (χ1v) is 10.8. The molecule has 2 aromatic carbocycles. The Morgan fingerprint density at radius 1 is 1.27 bits per heavy atom. The summed E-state index contributed by atoms with van der Waals surface area (Å²) in [7, 11) is 0. The van der Waals surface area contributed by atoms with Crippen molar-refractivity contribution in [2.45, 2.75) is 25.2 Å². The molecule has 1 heterocycles. The standard InChI is InChI=1S/C21H20Cl2N4O2S/c1-3-9-27-19(12-29-18-8-7-15(22)11-17(18)23)25-26-21(27)30-13-20(28)24-16-6-4-5-14(2)10-16/h3-8,10-11H,1,9,12-13H2,2H3,(H,24,28). The smallest absolute Gasteiger partial charge is 0.234 e. The Hall–Kier alpha value is -2.48. The van der Waals surface area contributed by atoms with Gasteiger partial charge in [0.25, 0.3) is 0 Å². The van der Waals surface area contributed by atoms with E-state index in [4.69, 9.17) is 27.9 Å². The Balaban J connectivity index is 1.63. The summed E-state index contributed by atoms with van der Waals surface area (Å²) in [6.45, 7) is 6.41. The van der Waals surface area contributed by atoms with Crippen LogP contribution in [0.15, 0.2) is 60.3 Å². The van der Waals surface area contributed by atoms with Crippen LogP contribution >= 0.6 is 35.0 Å². The number of carbonyl (C=O) groups excluding carboxylic acids is 1. The van der Waals surface area contributed by atoms with Crippen LogP contribution < -0.4 is 10.1 Å². The second-order valence-electron chi connectivity index (χ2n) is 6.37. The zero-order valence-electron chi connectivity index (χ0n) is 16.3. The Morgan fingerprint density at radius 3 is 2.83 bits per heavy atom. The molecule has 0 saturated heterocycles. The minimum atomic E-state index is -0.121. The number of halogens is 2. The van der Waals surface area contributed by atoms with Gasteiger partial charge in [0.05, 0.1) is 10.8 Å². The first-order valence-electron chi connectivity index (χ1n) is 9.06. The molecule has 9 heteroatoms. The summed E-state index contributed by atoms with van der Waals surface area (Å²) in [6, 6.07) is 12.7. The fraction of sp³-hybridized carbons (Fsp3) is 0.190. The Kier molecular flexibility index (Phi) is 7.79. The van der Waals surface area contributed by atoms with Crippen LogP contribution in [0.5, 0.6) is 5.75 Å². The molecular weight excluding hydrogens is 443 g/mol. The predicted molar refractivity (Wildman–Crippen MR) is 122 cm³/mol. The van der Waals surface area contributed by atoms with Crippen LogP contribution in [-0.2, 0) is 17.9 Å². The van der Waals surface area contributed by atoms with Gasteiger partial charge in [0, 0.05) is 17.3 Å². The lowest BCUT2D eigenvalue weighted by Gasteiger charge is -2.10. The van der Waals surface area contributed by atoms with Crippen molar-refractivity contribution in [1.29, 1.82) is 0 Å². The number of aromatic nitrogens is 3. The number of anilines is 1. The van der Waals surface area contributed by atoms with Gasteiger partial charge in [-0.05, 0) is 42.8 Å². The lowest BCUT2D eigenvalue weighted by Crippen LogP contribution is -2.15. The van der Waals surface area contributed by atoms with Gasteiger partial charge in [0.15, 0.2) is 11.0 Å². The van der Waals surface area contributed by atoms with Crippen LogP contribution in [-0.4, -0.2) is 26.4 Å². The maximum absolute atomic E-state index is 12.3. The molecule has 3 aromatic rings. The third kappa shape index (κ3) is 6.01. The van der Waals surface area contributed by atoms with E-state index in [1.807, 2.05) is 35.8 Å². The van der Waals surface area contributed by atoms with Crippen LogP contribution in [0.1, 0.15) is 11.4 Å². The SMILES string of the molecule is C=CCn1c(COc2ccc(Cl)cc2Cl)nnc1SCC(=O)Nc1cccc(C)c1. The molecule has 0 saturated carbocycles. The summed E-state index contributed by atoms with van der Waals surface area (Å²) < 4.78 is 7.61. The molecule has 0 bridgehead atoms. The molecule has 1 aromatic heterocycles. The number of benzene rings is 2. The average Bonchev–Trinajstić information content (AvgIpc) is 3.08. The van der Waals surface area contributed by atoms with Crippen molar-refractivity contribution < 1.29 is 9.53 Å². The summed E-state index contributed by atoms with van der Waals surface area (Å²) >= 11 is 13.4. The summed E-state index contributed by atoms with van der Waals surface area (Å²) in [5.41, 5.74) is 1.85. The van der Waals surface area contributed by atoms with Crippen LogP contribution in [0.4, 0.5) is 5.69 Å². The fourth-order valence-corrected chi connectivity index (χ4v) is 3.86. The molecule has 0 aliphatic rings. The van der Waals surface area contributed by atoms with Crippen molar-refractivity contribution in [3.63, 3.8) is 0 Å². The van der Waals surface area contributed by atoms with Crippen LogP contribution in [0.25, 0.3) is 0 Å². The normalized spacial score (nSPS) is 10.6. The highest BCUT2D eigenvalue weighted by molar-refractivity contribution is 7.99. The van der Waals surface area contributed by atoms with Crippen molar-refractivity contribution in [2.24, 2.45) is 0 Å². The van der Waals surface area contributed by atoms with Crippen LogP contribution in [0.3, 0.4) is 0 Å². The van der Waals surface area contributed by atoms with Gasteiger partial charge in [-0.15, -0.1) is 16.8 Å². The van der Waals surface area contributed by atoms with Gasteiger partial charge in [-0.1, -0.05) is 53.2 Å². The van der Waals surface area contributed by atoms with E-state index in [-0.39, 0.29) is 18.3 Å². The highest BCUT2D eigenvalue weighted by atomic mass is 35.5. The second kappa shape index (κ2) is 10.5. The average molecular weight is 463 g/mol. The molecule has 156 valence electrons. The maximum Gasteiger partial charge on any atom is 0.234 e. The Labute approximate surface area is 189 Å². The molecule has 0 aliphatic carbocycles. The largest absolute Gasteiger partial charge is 0.484 e. The molecule has 0 spiro atoms. The number of hydrogen-bond donors (Lipinski definition) is 1. The number of thioether (sulfide) groups is 1. The van der Waals surface area contributed by atoms with Crippen molar-refractivity contribution >= 4 is 46.6 Å². The summed E-state index contributed by atoms with van der Waals surface area (Å²) in [5.74, 6) is 1.18. The molecule has 0 fully saturated rings. The van der Waals surface area contributed by atoms with Gasteiger partial charge in [0.1, 0.15) is 12.4 Å². The third-order valence-electron chi connectivity index (χ3n) is 3.99. The van der Waals surface area contributed by atoms with E-state index in [9.17, 15) is 4.79 Å². The number of aryl methyl sites for hydroxylation is 1. The van der Waals surface area contributed by atoms with E-state index in [0.29, 0.717) is 33.3 Å². The molecule has 6 nitrogen and oxygen atoms in total. The molecule has 1 amide bonds. The number of rotatable bonds is 9. The zero-order valence-corrected chi connectivity index (χ0v) is 18.6. The van der Waals surface area contributed by atoms with Gasteiger partial charge >= 0.3 is 0 Å². The minimum absolute atomic E-state index is 0.121. The van der Waals surface area contributed by atoms with Crippen molar-refractivity contribution in [1.82, 2.24) is 14.8 Å². The van der Waals surface area contributed by atoms with Gasteiger partial charge < -0.3 is 10.1 Å². The molecule has 30 heavy (non-hydrogen) atoms. The van der Waals surface area contributed by atoms with Crippen molar-refractivity contribution in [3.05, 3.63) is 76.6 Å². The molecule has 3 rings (SSSR count). The molecule has 0 radical (unpaired) electrons. The highest BCUT2D eigenvalue weighted by Gasteiger charge is 2.15. The number of nitrogens with one attached hydrogen (secondary N) is 1. The predicted octanol–water partition coefficient (Wildman–Crippen LogP) is 5.39. The van der Waals surface area contributed by atoms with E-state index in [1.54, 1.807) is 24.3 Å². The molecule has 0 atom stereocenters. The zero-order chi connectivity index (χ0) is 21.5. The number of nitrogens with zero attached hydrogens (tertiary/aromatic N) is 3. The maximum atomic E-state index is 12.3. The topological polar surface area (TPSA) is 69.0 Å². The fourth-order valence-electron chi connectivity index (χ4n) is 2.63. The highest BCUT2D eigenvalue weighted by Crippen LogP contribution is 2.28. The van der Waals surface area contributed by atoms with Crippen LogP contribution in [0.2, 0.25) is 10.0 Å².